The molecule has 1 aliphatic heterocycles. The highest BCUT2D eigenvalue weighted by molar-refractivity contribution is 5.92. The van der Waals surface area contributed by atoms with Crippen molar-refractivity contribution in [2.24, 2.45) is 0 Å². The molecule has 0 radical (unpaired) electrons. The molecule has 0 spiro atoms. The van der Waals surface area contributed by atoms with Gasteiger partial charge in [-0.25, -0.2) is 29.6 Å². The quantitative estimate of drug-likeness (QED) is 0.594. The zero-order valence-electron chi connectivity index (χ0n) is 17.5. The van der Waals surface area contributed by atoms with Crippen LogP contribution in [0.4, 0.5) is 5.95 Å². The Kier molecular flexibility index (Phi) is 5.27. The third-order valence-electron chi connectivity index (χ3n) is 5.93. The van der Waals surface area contributed by atoms with E-state index in [0.29, 0.717) is 17.6 Å². The molecule has 0 bridgehead atoms. The Morgan fingerprint density at radius 1 is 1.00 bits per heavy atom. The summed E-state index contributed by atoms with van der Waals surface area (Å²) in [4.78, 5) is 39.2. The van der Waals surface area contributed by atoms with Crippen LogP contribution in [0, 0.1) is 0 Å². The monoisotopic (exact) mass is 419 g/mol. The molecule has 2 aliphatic rings. The Bertz CT molecular complexity index is 1010. The van der Waals surface area contributed by atoms with Gasteiger partial charge in [-0.2, -0.15) is 5.10 Å². The molecule has 0 N–H and O–H groups in total. The Hall–Kier alpha value is -3.43. The van der Waals surface area contributed by atoms with Gasteiger partial charge in [-0.15, -0.1) is 0 Å². The van der Waals surface area contributed by atoms with Gasteiger partial charge < -0.3 is 9.80 Å². The minimum atomic E-state index is -0.0397. The lowest BCUT2D eigenvalue weighted by molar-refractivity contribution is 0.0623. The van der Waals surface area contributed by atoms with E-state index in [1.54, 1.807) is 12.5 Å². The molecule has 10 heteroatoms. The normalized spacial score (nSPS) is 17.0. The molecule has 0 unspecified atom stereocenters. The summed E-state index contributed by atoms with van der Waals surface area (Å²) in [7, 11) is 0. The van der Waals surface area contributed by atoms with Gasteiger partial charge in [0.05, 0.1) is 12.4 Å². The second-order valence-electron chi connectivity index (χ2n) is 8.01. The lowest BCUT2D eigenvalue weighted by atomic mass is 10.0. The van der Waals surface area contributed by atoms with Crippen molar-refractivity contribution in [1.29, 1.82) is 0 Å². The van der Waals surface area contributed by atoms with Gasteiger partial charge in [-0.1, -0.05) is 6.92 Å². The lowest BCUT2D eigenvalue weighted by Gasteiger charge is -2.38. The SMILES string of the molecule is CCc1cnc(N2CCC(N(C(=O)c3cnc(-n4cncn4)cn3)C3CC3)CC2)nc1. The number of nitrogens with zero attached hydrogens (tertiary/aromatic N) is 9. The number of hydrogen-bond acceptors (Lipinski definition) is 8. The van der Waals surface area contributed by atoms with Gasteiger partial charge in [0, 0.05) is 37.6 Å². The largest absolute Gasteiger partial charge is 0.341 e. The molecule has 3 aromatic rings. The summed E-state index contributed by atoms with van der Waals surface area (Å²) >= 11 is 0. The van der Waals surface area contributed by atoms with Crippen molar-refractivity contribution in [2.45, 2.75) is 51.1 Å². The molecular weight excluding hydrogens is 394 g/mol. The summed E-state index contributed by atoms with van der Waals surface area (Å²) in [5, 5.41) is 4.04. The van der Waals surface area contributed by atoms with E-state index in [0.717, 1.165) is 56.7 Å². The van der Waals surface area contributed by atoms with Crippen molar-refractivity contribution >= 4 is 11.9 Å². The van der Waals surface area contributed by atoms with Crippen molar-refractivity contribution in [2.75, 3.05) is 18.0 Å². The van der Waals surface area contributed by atoms with Crippen molar-refractivity contribution < 1.29 is 4.79 Å². The van der Waals surface area contributed by atoms with Gasteiger partial charge in [0.25, 0.3) is 5.91 Å². The van der Waals surface area contributed by atoms with Crippen LogP contribution in [0.25, 0.3) is 5.82 Å². The van der Waals surface area contributed by atoms with Crippen LogP contribution in [0.5, 0.6) is 0 Å². The number of hydrogen-bond donors (Lipinski definition) is 0. The number of rotatable bonds is 6. The van der Waals surface area contributed by atoms with Crippen molar-refractivity contribution in [3.05, 3.63) is 48.7 Å². The van der Waals surface area contributed by atoms with Gasteiger partial charge in [0.15, 0.2) is 5.82 Å². The zero-order valence-corrected chi connectivity index (χ0v) is 17.5. The molecule has 31 heavy (non-hydrogen) atoms. The first-order chi connectivity index (χ1) is 15.2. The fourth-order valence-electron chi connectivity index (χ4n) is 4.03. The van der Waals surface area contributed by atoms with E-state index in [2.05, 4.69) is 41.8 Å². The van der Waals surface area contributed by atoms with Crippen LogP contribution in [0.1, 0.15) is 48.7 Å². The number of carbonyl (C=O) groups excluding carboxylic acids is 1. The van der Waals surface area contributed by atoms with E-state index >= 15 is 0 Å². The molecule has 3 aromatic heterocycles. The van der Waals surface area contributed by atoms with E-state index in [4.69, 9.17) is 0 Å². The zero-order chi connectivity index (χ0) is 21.2. The highest BCUT2D eigenvalue weighted by Gasteiger charge is 2.39. The minimum absolute atomic E-state index is 0.0397. The molecule has 10 nitrogen and oxygen atoms in total. The molecule has 2 fully saturated rings. The molecular formula is C21H25N9O. The molecule has 5 rings (SSSR count). The maximum Gasteiger partial charge on any atom is 0.274 e. The molecule has 0 atom stereocenters. The van der Waals surface area contributed by atoms with Crippen molar-refractivity contribution in [3.8, 4) is 5.82 Å². The Morgan fingerprint density at radius 3 is 2.32 bits per heavy atom. The summed E-state index contributed by atoms with van der Waals surface area (Å²) < 4.78 is 1.52. The van der Waals surface area contributed by atoms with Crippen LogP contribution >= 0.6 is 0 Å². The third kappa shape index (κ3) is 4.10. The maximum atomic E-state index is 13.3. The van der Waals surface area contributed by atoms with Crippen LogP contribution in [-0.4, -0.2) is 70.7 Å². The predicted octanol–water partition coefficient (Wildman–Crippen LogP) is 1.68. The molecule has 0 aromatic carbocycles. The average molecular weight is 419 g/mol. The lowest BCUT2D eigenvalue weighted by Crippen LogP contribution is -2.49. The molecule has 1 aliphatic carbocycles. The topological polar surface area (TPSA) is 106 Å². The first-order valence-corrected chi connectivity index (χ1v) is 10.8. The minimum Gasteiger partial charge on any atom is -0.341 e. The molecule has 1 amide bonds. The van der Waals surface area contributed by atoms with E-state index in [-0.39, 0.29) is 11.9 Å². The fourth-order valence-corrected chi connectivity index (χ4v) is 4.03. The van der Waals surface area contributed by atoms with Gasteiger partial charge in [0.1, 0.15) is 18.3 Å². The number of amides is 1. The van der Waals surface area contributed by atoms with Gasteiger partial charge >= 0.3 is 0 Å². The van der Waals surface area contributed by atoms with E-state index in [9.17, 15) is 4.79 Å². The van der Waals surface area contributed by atoms with E-state index < -0.39 is 0 Å². The summed E-state index contributed by atoms with van der Waals surface area (Å²) in [5.74, 6) is 1.27. The van der Waals surface area contributed by atoms with Gasteiger partial charge in [-0.05, 0) is 37.7 Å². The maximum absolute atomic E-state index is 13.3. The highest BCUT2D eigenvalue weighted by atomic mass is 16.2. The van der Waals surface area contributed by atoms with Crippen LogP contribution < -0.4 is 4.90 Å². The fraction of sp³-hybridized carbons (Fsp3) is 0.476. The van der Waals surface area contributed by atoms with Gasteiger partial charge in [-0.3, -0.25) is 4.79 Å². The summed E-state index contributed by atoms with van der Waals surface area (Å²) in [6.07, 6.45) is 14.7. The number of carbonyl (C=O) groups is 1. The second-order valence-corrected chi connectivity index (χ2v) is 8.01. The summed E-state index contributed by atoms with van der Waals surface area (Å²) in [5.41, 5.74) is 1.51. The summed E-state index contributed by atoms with van der Waals surface area (Å²) in [6.45, 7) is 3.77. The highest BCUT2D eigenvalue weighted by Crippen LogP contribution is 2.33. The van der Waals surface area contributed by atoms with Crippen LogP contribution in [-0.2, 0) is 6.42 Å². The Balaban J connectivity index is 1.26. The molecule has 160 valence electrons. The van der Waals surface area contributed by atoms with Crippen molar-refractivity contribution in [3.63, 3.8) is 0 Å². The predicted molar refractivity (Wildman–Crippen MR) is 113 cm³/mol. The van der Waals surface area contributed by atoms with Crippen LogP contribution in [0.15, 0.2) is 37.4 Å². The first kappa shape index (κ1) is 19.5. The molecule has 4 heterocycles. The van der Waals surface area contributed by atoms with Crippen LogP contribution in [0.2, 0.25) is 0 Å². The standard InChI is InChI=1S/C21H25N9O/c1-2-15-9-25-21(26-10-15)28-7-5-17(6-8-28)30(16-3-4-16)20(31)18-11-24-19(12-23-18)29-14-22-13-27-29/h9-14,16-17H,2-8H2,1H3. The number of aromatic nitrogens is 7. The third-order valence-corrected chi connectivity index (χ3v) is 5.93. The van der Waals surface area contributed by atoms with E-state index in [1.165, 1.54) is 17.2 Å². The number of anilines is 1. The van der Waals surface area contributed by atoms with Crippen molar-refractivity contribution in [1.82, 2.24) is 39.6 Å². The Morgan fingerprint density at radius 2 is 1.74 bits per heavy atom. The van der Waals surface area contributed by atoms with Crippen LogP contribution in [0.3, 0.4) is 0 Å². The molecule has 1 saturated heterocycles. The number of aryl methyl sites for hydroxylation is 1. The summed E-state index contributed by atoms with van der Waals surface area (Å²) in [6, 6.07) is 0.504. The van der Waals surface area contributed by atoms with Gasteiger partial charge in [0.2, 0.25) is 5.95 Å². The average Bonchev–Trinajstić information content (AvgIpc) is 3.51. The van der Waals surface area contributed by atoms with E-state index in [1.807, 2.05) is 17.3 Å². The molecule has 1 saturated carbocycles. The Labute approximate surface area is 180 Å². The first-order valence-electron chi connectivity index (χ1n) is 10.8. The number of piperidine rings is 1. The second kappa shape index (κ2) is 8.37. The smallest absolute Gasteiger partial charge is 0.274 e.